The maximum atomic E-state index is 12.9. The van der Waals surface area contributed by atoms with E-state index in [1.807, 2.05) is 0 Å². The normalized spacial score (nSPS) is 18.1. The molecule has 4 N–H and O–H groups in total. The van der Waals surface area contributed by atoms with E-state index >= 15 is 0 Å². The molecule has 2 fully saturated rings. The number of aromatic hydroxyl groups is 2. The average molecular weight is 550 g/mol. The van der Waals surface area contributed by atoms with Crippen LogP contribution in [-0.4, -0.2) is 47.1 Å². The van der Waals surface area contributed by atoms with Gasteiger partial charge in [0.1, 0.15) is 17.2 Å². The van der Waals surface area contributed by atoms with E-state index in [9.17, 15) is 24.7 Å². The Balaban J connectivity index is 0.000000256. The number of carboxylic acid groups (broad SMARTS) is 1. The number of carboxylic acids is 1. The summed E-state index contributed by atoms with van der Waals surface area (Å²) in [4.78, 5) is 11.6. The van der Waals surface area contributed by atoms with Crippen molar-refractivity contribution in [1.29, 1.82) is 0 Å². The van der Waals surface area contributed by atoms with Gasteiger partial charge in [-0.1, -0.05) is 37.1 Å². The lowest BCUT2D eigenvalue weighted by Crippen LogP contribution is -2.95. The molecule has 2 aromatic carbocycles. The van der Waals surface area contributed by atoms with Crippen molar-refractivity contribution in [3.05, 3.63) is 35.9 Å². The molecule has 2 aliphatic rings. The summed E-state index contributed by atoms with van der Waals surface area (Å²) in [5.74, 6) is -2.04. The third-order valence-electron chi connectivity index (χ3n) is 7.62. The molecule has 4 rings (SSSR count). The molecule has 0 bridgehead atoms. The van der Waals surface area contributed by atoms with Crippen molar-refractivity contribution in [2.45, 2.75) is 102 Å². The van der Waals surface area contributed by atoms with Crippen molar-refractivity contribution in [2.24, 2.45) is 0 Å². The number of fused-ring (bicyclic) bond motifs is 1. The molecule has 0 radical (unpaired) electrons. The van der Waals surface area contributed by atoms with Crippen molar-refractivity contribution in [1.82, 2.24) is 0 Å². The Bertz CT molecular complexity index is 1050. The van der Waals surface area contributed by atoms with Crippen LogP contribution in [0, 0.1) is 0 Å². The summed E-state index contributed by atoms with van der Waals surface area (Å²) in [6.45, 7) is 3.16. The highest BCUT2D eigenvalue weighted by Gasteiger charge is 2.37. The largest absolute Gasteiger partial charge is 0.549 e. The summed E-state index contributed by atoms with van der Waals surface area (Å²) in [5.41, 5.74) is -1.37. The van der Waals surface area contributed by atoms with Gasteiger partial charge in [0.05, 0.1) is 31.3 Å². The molecular weight excluding hydrogens is 505 g/mol. The number of benzene rings is 2. The molecule has 0 amide bonds. The predicted octanol–water partition coefficient (Wildman–Crippen LogP) is 4.39. The maximum absolute atomic E-state index is 12.9. The highest BCUT2D eigenvalue weighted by atomic mass is 31.2. The van der Waals surface area contributed by atoms with Gasteiger partial charge in [-0.05, 0) is 77.0 Å². The Morgan fingerprint density at radius 2 is 1.42 bits per heavy atom. The molecule has 1 unspecified atom stereocenters. The van der Waals surface area contributed by atoms with E-state index in [2.05, 4.69) is 5.32 Å². The van der Waals surface area contributed by atoms with Crippen LogP contribution in [-0.2, 0) is 24.8 Å². The lowest BCUT2D eigenvalue weighted by molar-refractivity contribution is -0.725. The highest BCUT2D eigenvalue weighted by molar-refractivity contribution is 7.55. The van der Waals surface area contributed by atoms with Gasteiger partial charge in [-0.3, -0.25) is 4.57 Å². The molecule has 212 valence electrons. The standard InChI is InChI=1S/C17H21O7P.C12H23N/c1-3-23-25(22,24-4-2)16(17(20)21)9-13-11-7-5-6-8-12(11)14(18)10-15(13)19;1-3-7-11(8-4-1)13-12-9-5-2-6-10-12/h5-8,10,16,18-19H,3-4,9H2,1-2H3,(H,20,21);11-13H,1-10H2. The van der Waals surface area contributed by atoms with Crippen molar-refractivity contribution in [3.8, 4) is 11.5 Å². The number of carbonyl (C=O) groups is 1. The first-order valence-corrected chi connectivity index (χ1v) is 15.8. The topological polar surface area (TPSA) is 133 Å². The van der Waals surface area contributed by atoms with Gasteiger partial charge in [-0.15, -0.1) is 0 Å². The fourth-order valence-corrected chi connectivity index (χ4v) is 7.57. The zero-order chi connectivity index (χ0) is 27.5. The summed E-state index contributed by atoms with van der Waals surface area (Å²) in [6, 6.07) is 9.76. The summed E-state index contributed by atoms with van der Waals surface area (Å²) in [7, 11) is -4.00. The van der Waals surface area contributed by atoms with Crippen molar-refractivity contribution < 1.29 is 39.0 Å². The Morgan fingerprint density at radius 3 is 1.89 bits per heavy atom. The predicted molar refractivity (Wildman–Crippen MR) is 146 cm³/mol. The zero-order valence-corrected chi connectivity index (χ0v) is 23.7. The minimum atomic E-state index is -4.00. The number of rotatable bonds is 10. The van der Waals surface area contributed by atoms with E-state index in [0.717, 1.165) is 18.2 Å². The van der Waals surface area contributed by atoms with Gasteiger partial charge in [0.15, 0.2) is 0 Å². The zero-order valence-electron chi connectivity index (χ0n) is 22.8. The summed E-state index contributed by atoms with van der Waals surface area (Å²) < 4.78 is 23.1. The number of phenolic OH excluding ortho intramolecular Hbond substituents is 2. The molecule has 2 aromatic rings. The Labute approximate surface area is 226 Å². The summed E-state index contributed by atoms with van der Waals surface area (Å²) >= 11 is 0. The Kier molecular flexibility index (Phi) is 11.9. The van der Waals surface area contributed by atoms with E-state index < -0.39 is 19.2 Å². The van der Waals surface area contributed by atoms with E-state index in [1.54, 1.807) is 38.1 Å². The minimum absolute atomic E-state index is 0.00334. The van der Waals surface area contributed by atoms with Crippen molar-refractivity contribution >= 4 is 24.3 Å². The molecule has 9 heteroatoms. The number of hydrogen-bond donors (Lipinski definition) is 3. The van der Waals surface area contributed by atoms with Crippen molar-refractivity contribution in [3.63, 3.8) is 0 Å². The van der Waals surface area contributed by atoms with Gasteiger partial charge in [-0.2, -0.15) is 0 Å². The van der Waals surface area contributed by atoms with Gasteiger partial charge in [-0.25, -0.2) is 0 Å². The average Bonchev–Trinajstić information content (AvgIpc) is 2.90. The number of quaternary nitrogens is 1. The monoisotopic (exact) mass is 549 g/mol. The molecule has 0 aliphatic heterocycles. The molecule has 0 spiro atoms. The van der Waals surface area contributed by atoms with Crippen LogP contribution in [0.2, 0.25) is 0 Å². The second-order valence-corrected chi connectivity index (χ2v) is 12.6. The lowest BCUT2D eigenvalue weighted by atomic mass is 9.91. The third-order valence-corrected chi connectivity index (χ3v) is 10.0. The second kappa shape index (κ2) is 14.9. The van der Waals surface area contributed by atoms with E-state index in [0.29, 0.717) is 10.8 Å². The molecular formula is C29H44NO7P. The van der Waals surface area contributed by atoms with Crippen LogP contribution in [0.15, 0.2) is 30.3 Å². The van der Waals surface area contributed by atoms with E-state index in [1.165, 1.54) is 64.2 Å². The molecule has 2 saturated carbocycles. The number of nitrogens with two attached hydrogens (primary N) is 1. The number of hydrogen-bond acceptors (Lipinski definition) is 7. The van der Waals surface area contributed by atoms with Crippen LogP contribution >= 0.6 is 7.60 Å². The lowest BCUT2D eigenvalue weighted by Gasteiger charge is -2.27. The van der Waals surface area contributed by atoms with Gasteiger partial charge in [0, 0.05) is 17.0 Å². The van der Waals surface area contributed by atoms with Crippen LogP contribution in [0.3, 0.4) is 0 Å². The first-order chi connectivity index (χ1) is 18.3. The maximum Gasteiger partial charge on any atom is 0.339 e. The first-order valence-electron chi connectivity index (χ1n) is 14.2. The summed E-state index contributed by atoms with van der Waals surface area (Å²) in [6.07, 6.45) is 14.6. The number of carbonyl (C=O) groups excluding carboxylic acids is 1. The van der Waals surface area contributed by atoms with Crippen molar-refractivity contribution in [2.75, 3.05) is 13.2 Å². The van der Waals surface area contributed by atoms with Crippen LogP contribution in [0.5, 0.6) is 11.5 Å². The van der Waals surface area contributed by atoms with Crippen LogP contribution in [0.4, 0.5) is 0 Å². The van der Waals surface area contributed by atoms with Gasteiger partial charge < -0.3 is 34.5 Å². The van der Waals surface area contributed by atoms with Crippen LogP contribution in [0.25, 0.3) is 10.8 Å². The van der Waals surface area contributed by atoms with E-state index in [-0.39, 0.29) is 36.7 Å². The molecule has 8 nitrogen and oxygen atoms in total. The number of aliphatic carboxylic acids is 1. The van der Waals surface area contributed by atoms with Gasteiger partial charge in [0.2, 0.25) is 0 Å². The van der Waals surface area contributed by atoms with Crippen LogP contribution in [0.1, 0.15) is 83.6 Å². The van der Waals surface area contributed by atoms with Gasteiger partial charge in [0.25, 0.3) is 0 Å². The molecule has 1 atom stereocenters. The molecule has 38 heavy (non-hydrogen) atoms. The molecule has 2 aliphatic carbocycles. The quantitative estimate of drug-likeness (QED) is 0.374. The smallest absolute Gasteiger partial charge is 0.339 e. The van der Waals surface area contributed by atoms with Crippen LogP contribution < -0.4 is 10.4 Å². The Hall–Kier alpha value is -2.12. The third kappa shape index (κ3) is 8.19. The van der Waals surface area contributed by atoms with Gasteiger partial charge >= 0.3 is 7.60 Å². The first kappa shape index (κ1) is 30.4. The molecule has 0 saturated heterocycles. The fraction of sp³-hybridized carbons (Fsp3) is 0.621. The fourth-order valence-electron chi connectivity index (χ4n) is 5.75. The number of phenols is 2. The molecule has 0 aromatic heterocycles. The second-order valence-electron chi connectivity index (χ2n) is 10.3. The summed E-state index contributed by atoms with van der Waals surface area (Å²) in [5, 5.41) is 35.4. The molecule has 0 heterocycles. The minimum Gasteiger partial charge on any atom is -0.549 e. The Morgan fingerprint density at radius 1 is 0.921 bits per heavy atom. The highest BCUT2D eigenvalue weighted by Crippen LogP contribution is 2.54. The SMILES string of the molecule is C1CCC([NH2+]C2CCCCC2)CC1.CCOP(=O)(OCC)C(Cc1c(O)cc(O)c2ccccc12)C(=O)[O-]. The van der Waals surface area contributed by atoms with E-state index in [4.69, 9.17) is 9.05 Å².